The molecule has 27 heavy (non-hydrogen) atoms. The zero-order chi connectivity index (χ0) is 19.2. The second-order valence-corrected chi connectivity index (χ2v) is 6.72. The lowest BCUT2D eigenvalue weighted by molar-refractivity contribution is 0.0988. The first-order valence-corrected chi connectivity index (χ1v) is 9.05. The van der Waals surface area contributed by atoms with Gasteiger partial charge < -0.3 is 9.64 Å². The van der Waals surface area contributed by atoms with Crippen LogP contribution in [0.25, 0.3) is 0 Å². The molecular formula is C23H24N2O2. The summed E-state index contributed by atoms with van der Waals surface area (Å²) in [5.41, 5.74) is 3.56. The number of hydrogen-bond acceptors (Lipinski definition) is 3. The topological polar surface area (TPSA) is 42.4 Å². The summed E-state index contributed by atoms with van der Waals surface area (Å²) in [6, 6.07) is 19.2. The van der Waals surface area contributed by atoms with Gasteiger partial charge in [0.15, 0.2) is 0 Å². The number of rotatable bonds is 6. The van der Waals surface area contributed by atoms with Crippen molar-refractivity contribution in [1.29, 1.82) is 0 Å². The number of aromatic nitrogens is 1. The Morgan fingerprint density at radius 2 is 1.78 bits per heavy atom. The Bertz CT molecular complexity index is 907. The van der Waals surface area contributed by atoms with E-state index in [1.54, 1.807) is 30.4 Å². The number of amides is 1. The molecule has 138 valence electrons. The standard InChI is InChI=1S/C23H24N2O2/c1-17(2)19-10-4-6-12-21(19)25(3)23(26)20-11-5-7-13-22(20)27-16-18-9-8-14-24-15-18/h4-15,17H,16H2,1-3H3. The van der Waals surface area contributed by atoms with Gasteiger partial charge in [-0.05, 0) is 35.7 Å². The fraction of sp³-hybridized carbons (Fsp3) is 0.217. The van der Waals surface area contributed by atoms with Crippen molar-refractivity contribution in [3.05, 3.63) is 89.7 Å². The van der Waals surface area contributed by atoms with Crippen molar-refractivity contribution in [3.63, 3.8) is 0 Å². The van der Waals surface area contributed by atoms with Gasteiger partial charge in [-0.25, -0.2) is 0 Å². The average Bonchev–Trinajstić information content (AvgIpc) is 2.72. The third-order valence-electron chi connectivity index (χ3n) is 4.46. The number of para-hydroxylation sites is 2. The number of ether oxygens (including phenoxy) is 1. The predicted octanol–water partition coefficient (Wildman–Crippen LogP) is 5.06. The summed E-state index contributed by atoms with van der Waals surface area (Å²) in [7, 11) is 1.81. The highest BCUT2D eigenvalue weighted by atomic mass is 16.5. The van der Waals surface area contributed by atoms with Crippen LogP contribution in [0.1, 0.15) is 41.3 Å². The SMILES string of the molecule is CC(C)c1ccccc1N(C)C(=O)c1ccccc1OCc1cccnc1. The van der Waals surface area contributed by atoms with E-state index in [1.165, 1.54) is 0 Å². The Hall–Kier alpha value is -3.14. The van der Waals surface area contributed by atoms with Crippen LogP contribution in [0.15, 0.2) is 73.1 Å². The molecule has 0 unspecified atom stereocenters. The van der Waals surface area contributed by atoms with E-state index >= 15 is 0 Å². The fourth-order valence-electron chi connectivity index (χ4n) is 2.99. The quantitative estimate of drug-likeness (QED) is 0.617. The largest absolute Gasteiger partial charge is 0.488 e. The van der Waals surface area contributed by atoms with Crippen LogP contribution in [-0.4, -0.2) is 17.9 Å². The molecule has 1 aromatic heterocycles. The molecule has 0 N–H and O–H groups in total. The normalized spacial score (nSPS) is 10.7. The van der Waals surface area contributed by atoms with E-state index in [9.17, 15) is 4.79 Å². The summed E-state index contributed by atoms with van der Waals surface area (Å²) in [6.45, 7) is 4.62. The molecule has 4 heteroatoms. The second-order valence-electron chi connectivity index (χ2n) is 6.72. The lowest BCUT2D eigenvalue weighted by Gasteiger charge is -2.23. The molecule has 1 heterocycles. The molecule has 0 aliphatic heterocycles. The highest BCUT2D eigenvalue weighted by molar-refractivity contribution is 6.08. The minimum absolute atomic E-state index is 0.0927. The molecule has 0 bridgehead atoms. The Balaban J connectivity index is 1.85. The maximum atomic E-state index is 13.2. The lowest BCUT2D eigenvalue weighted by Crippen LogP contribution is -2.27. The smallest absolute Gasteiger partial charge is 0.261 e. The number of anilines is 1. The molecule has 0 radical (unpaired) electrons. The molecule has 4 nitrogen and oxygen atoms in total. The first-order chi connectivity index (χ1) is 13.1. The van der Waals surface area contributed by atoms with Crippen LogP contribution in [0.2, 0.25) is 0 Å². The van der Waals surface area contributed by atoms with Gasteiger partial charge in [-0.2, -0.15) is 0 Å². The van der Waals surface area contributed by atoms with Gasteiger partial charge in [-0.15, -0.1) is 0 Å². The number of hydrogen-bond donors (Lipinski definition) is 0. The van der Waals surface area contributed by atoms with Gasteiger partial charge in [0, 0.05) is 30.7 Å². The average molecular weight is 360 g/mol. The molecule has 0 atom stereocenters. The van der Waals surface area contributed by atoms with Gasteiger partial charge in [0.1, 0.15) is 12.4 Å². The van der Waals surface area contributed by atoms with Crippen LogP contribution in [0.3, 0.4) is 0 Å². The van der Waals surface area contributed by atoms with E-state index in [-0.39, 0.29) is 5.91 Å². The number of benzene rings is 2. The Morgan fingerprint density at radius 1 is 1.04 bits per heavy atom. The number of carbonyl (C=O) groups excluding carboxylic acids is 1. The van der Waals surface area contributed by atoms with Gasteiger partial charge in [0.2, 0.25) is 0 Å². The Morgan fingerprint density at radius 3 is 2.52 bits per heavy atom. The maximum absolute atomic E-state index is 13.2. The zero-order valence-corrected chi connectivity index (χ0v) is 15.9. The summed E-state index contributed by atoms with van der Waals surface area (Å²) in [5, 5.41) is 0. The molecule has 0 saturated carbocycles. The molecule has 0 aliphatic rings. The highest BCUT2D eigenvalue weighted by Crippen LogP contribution is 2.29. The minimum atomic E-state index is -0.0927. The number of carbonyl (C=O) groups is 1. The van der Waals surface area contributed by atoms with Crippen LogP contribution < -0.4 is 9.64 Å². The van der Waals surface area contributed by atoms with Crippen LogP contribution in [0.4, 0.5) is 5.69 Å². The molecule has 2 aromatic carbocycles. The molecule has 3 aromatic rings. The van der Waals surface area contributed by atoms with E-state index in [0.29, 0.717) is 23.8 Å². The monoisotopic (exact) mass is 360 g/mol. The Labute approximate surface area is 160 Å². The second kappa shape index (κ2) is 8.49. The van der Waals surface area contributed by atoms with E-state index in [1.807, 2.05) is 48.5 Å². The summed E-state index contributed by atoms with van der Waals surface area (Å²) in [5.74, 6) is 0.804. The van der Waals surface area contributed by atoms with Crippen molar-refractivity contribution in [2.45, 2.75) is 26.4 Å². The van der Waals surface area contributed by atoms with Crippen LogP contribution in [-0.2, 0) is 6.61 Å². The third-order valence-corrected chi connectivity index (χ3v) is 4.46. The molecule has 0 spiro atoms. The van der Waals surface area contributed by atoms with E-state index in [2.05, 4.69) is 24.9 Å². The highest BCUT2D eigenvalue weighted by Gasteiger charge is 2.20. The molecule has 3 rings (SSSR count). The van der Waals surface area contributed by atoms with Crippen molar-refractivity contribution >= 4 is 11.6 Å². The summed E-state index contributed by atoms with van der Waals surface area (Å²) in [4.78, 5) is 19.0. The van der Waals surface area contributed by atoms with Crippen LogP contribution in [0, 0.1) is 0 Å². The number of nitrogens with zero attached hydrogens (tertiary/aromatic N) is 2. The molecule has 1 amide bonds. The van der Waals surface area contributed by atoms with Gasteiger partial charge in [-0.1, -0.05) is 50.2 Å². The van der Waals surface area contributed by atoms with Crippen molar-refractivity contribution in [2.24, 2.45) is 0 Å². The first-order valence-electron chi connectivity index (χ1n) is 9.05. The van der Waals surface area contributed by atoms with E-state index < -0.39 is 0 Å². The summed E-state index contributed by atoms with van der Waals surface area (Å²) < 4.78 is 5.92. The number of pyridine rings is 1. The fourth-order valence-corrected chi connectivity index (χ4v) is 2.99. The Kier molecular flexibility index (Phi) is 5.87. The van der Waals surface area contributed by atoms with E-state index in [0.717, 1.165) is 16.8 Å². The summed E-state index contributed by atoms with van der Waals surface area (Å²) >= 11 is 0. The van der Waals surface area contributed by atoms with Crippen LogP contribution >= 0.6 is 0 Å². The van der Waals surface area contributed by atoms with Crippen LogP contribution in [0.5, 0.6) is 5.75 Å². The molecular weight excluding hydrogens is 336 g/mol. The van der Waals surface area contributed by atoms with Gasteiger partial charge >= 0.3 is 0 Å². The zero-order valence-electron chi connectivity index (χ0n) is 15.9. The molecule has 0 fully saturated rings. The minimum Gasteiger partial charge on any atom is -0.488 e. The van der Waals surface area contributed by atoms with Crippen molar-refractivity contribution in [3.8, 4) is 5.75 Å². The maximum Gasteiger partial charge on any atom is 0.261 e. The van der Waals surface area contributed by atoms with Gasteiger partial charge in [-0.3, -0.25) is 9.78 Å². The van der Waals surface area contributed by atoms with Gasteiger partial charge in [0.05, 0.1) is 5.56 Å². The van der Waals surface area contributed by atoms with Crippen molar-refractivity contribution in [1.82, 2.24) is 4.98 Å². The lowest BCUT2D eigenvalue weighted by atomic mass is 10.00. The summed E-state index contributed by atoms with van der Waals surface area (Å²) in [6.07, 6.45) is 3.48. The first kappa shape index (κ1) is 18.6. The predicted molar refractivity (Wildman–Crippen MR) is 108 cm³/mol. The molecule has 0 saturated heterocycles. The van der Waals surface area contributed by atoms with E-state index in [4.69, 9.17) is 4.74 Å². The van der Waals surface area contributed by atoms with Gasteiger partial charge in [0.25, 0.3) is 5.91 Å². The van der Waals surface area contributed by atoms with Crippen molar-refractivity contribution < 1.29 is 9.53 Å². The third kappa shape index (κ3) is 4.34. The molecule has 0 aliphatic carbocycles. The van der Waals surface area contributed by atoms with Crippen molar-refractivity contribution in [2.75, 3.05) is 11.9 Å².